The van der Waals surface area contributed by atoms with Gasteiger partial charge in [-0.15, -0.1) is 0 Å². The zero-order valence-corrected chi connectivity index (χ0v) is 16.5. The summed E-state index contributed by atoms with van der Waals surface area (Å²) in [5, 5.41) is 0. The summed E-state index contributed by atoms with van der Waals surface area (Å²) < 4.78 is 23.6. The van der Waals surface area contributed by atoms with Gasteiger partial charge in [0, 0.05) is 12.2 Å². The Morgan fingerprint density at radius 2 is 1.93 bits per heavy atom. The molecule has 0 aliphatic rings. The van der Waals surface area contributed by atoms with Crippen LogP contribution in [0.4, 0.5) is 4.39 Å². The van der Waals surface area contributed by atoms with Crippen LogP contribution in [0.15, 0.2) is 18.2 Å². The first-order valence-electron chi connectivity index (χ1n) is 8.55. The van der Waals surface area contributed by atoms with Crippen molar-refractivity contribution in [2.24, 2.45) is 0 Å². The highest BCUT2D eigenvalue weighted by atomic mass is 19.1. The summed E-state index contributed by atoms with van der Waals surface area (Å²) in [6.07, 6.45) is 0. The van der Waals surface area contributed by atoms with Crippen molar-refractivity contribution < 1.29 is 23.5 Å². The van der Waals surface area contributed by atoms with Crippen LogP contribution >= 0.6 is 0 Å². The van der Waals surface area contributed by atoms with Gasteiger partial charge in [-0.1, -0.05) is 6.07 Å². The number of esters is 1. The molecule has 0 fully saturated rings. The van der Waals surface area contributed by atoms with Crippen LogP contribution in [0.2, 0.25) is 0 Å². The molecule has 0 amide bonds. The summed E-state index contributed by atoms with van der Waals surface area (Å²) in [5.74, 6) is -0.892. The van der Waals surface area contributed by atoms with Gasteiger partial charge in [-0.25, -0.2) is 9.18 Å². The lowest BCUT2D eigenvalue weighted by molar-refractivity contribution is 0.0599. The number of carbonyl (C=O) groups excluding carboxylic acids is 2. The van der Waals surface area contributed by atoms with E-state index in [0.717, 1.165) is 5.56 Å². The number of benzene rings is 1. The first-order chi connectivity index (χ1) is 12.7. The molecule has 1 aromatic heterocycles. The van der Waals surface area contributed by atoms with Gasteiger partial charge in [0.15, 0.2) is 17.3 Å². The highest BCUT2D eigenvalue weighted by Crippen LogP contribution is 2.22. The number of aromatic nitrogens is 1. The molecule has 6 nitrogen and oxygen atoms in total. The van der Waals surface area contributed by atoms with E-state index in [1.807, 2.05) is 4.90 Å². The van der Waals surface area contributed by atoms with Gasteiger partial charge in [0.05, 0.1) is 31.5 Å². The molecule has 0 bridgehead atoms. The number of Topliss-reactive ketones (excluding diaryl/α,β-unsaturated/α-hetero) is 1. The second kappa shape index (κ2) is 8.35. The molecule has 146 valence electrons. The number of hydrogen-bond acceptors (Lipinski definition) is 5. The zero-order valence-electron chi connectivity index (χ0n) is 16.5. The summed E-state index contributed by atoms with van der Waals surface area (Å²) in [5.41, 5.74) is 2.65. The number of halogens is 1. The van der Waals surface area contributed by atoms with Crippen molar-refractivity contribution in [1.82, 2.24) is 9.88 Å². The molecule has 0 spiro atoms. The average molecular weight is 376 g/mol. The molecule has 1 N–H and O–H groups in total. The van der Waals surface area contributed by atoms with Crippen molar-refractivity contribution >= 4 is 11.8 Å². The fraction of sp³-hybridized carbons (Fsp3) is 0.400. The van der Waals surface area contributed by atoms with Gasteiger partial charge in [0.25, 0.3) is 0 Å². The van der Waals surface area contributed by atoms with Crippen molar-refractivity contribution in [3.8, 4) is 5.75 Å². The first kappa shape index (κ1) is 20.6. The Morgan fingerprint density at radius 1 is 1.26 bits per heavy atom. The number of methoxy groups -OCH3 is 2. The van der Waals surface area contributed by atoms with Crippen LogP contribution in [0.25, 0.3) is 0 Å². The summed E-state index contributed by atoms with van der Waals surface area (Å²) in [4.78, 5) is 29.6. The summed E-state index contributed by atoms with van der Waals surface area (Å²) in [6.45, 7) is 5.60. The fourth-order valence-electron chi connectivity index (χ4n) is 3.05. The Hall–Kier alpha value is -2.67. The minimum absolute atomic E-state index is 0.151. The van der Waals surface area contributed by atoms with E-state index >= 15 is 0 Å². The molecule has 0 saturated heterocycles. The van der Waals surface area contributed by atoms with E-state index in [1.54, 1.807) is 40.0 Å². The van der Waals surface area contributed by atoms with Crippen LogP contribution in [0.1, 0.15) is 44.6 Å². The first-order valence-corrected chi connectivity index (χ1v) is 8.55. The molecule has 1 heterocycles. The second-order valence-corrected chi connectivity index (χ2v) is 6.54. The molecule has 0 aliphatic heterocycles. The Labute approximate surface area is 158 Å². The molecule has 2 rings (SSSR count). The molecule has 0 aliphatic carbocycles. The summed E-state index contributed by atoms with van der Waals surface area (Å²) in [6, 6.07) is 4.24. The molecular formula is C20H25FN2O4. The Kier molecular flexibility index (Phi) is 6.38. The normalized spacial score (nSPS) is 12.1. The minimum Gasteiger partial charge on any atom is -0.494 e. The monoisotopic (exact) mass is 376 g/mol. The summed E-state index contributed by atoms with van der Waals surface area (Å²) >= 11 is 0. The van der Waals surface area contributed by atoms with E-state index in [0.29, 0.717) is 29.1 Å². The van der Waals surface area contributed by atoms with E-state index in [4.69, 9.17) is 9.47 Å². The van der Waals surface area contributed by atoms with Gasteiger partial charge >= 0.3 is 5.97 Å². The molecule has 2 aromatic rings. The highest BCUT2D eigenvalue weighted by Gasteiger charge is 2.27. The van der Waals surface area contributed by atoms with Crippen LogP contribution in [0, 0.1) is 19.7 Å². The molecule has 0 radical (unpaired) electrons. The van der Waals surface area contributed by atoms with Crippen LogP contribution in [-0.2, 0) is 11.3 Å². The average Bonchev–Trinajstić information content (AvgIpc) is 2.94. The van der Waals surface area contributed by atoms with Gasteiger partial charge in [-0.3, -0.25) is 9.69 Å². The van der Waals surface area contributed by atoms with Crippen molar-refractivity contribution in [2.45, 2.75) is 33.4 Å². The van der Waals surface area contributed by atoms with E-state index in [9.17, 15) is 14.0 Å². The lowest BCUT2D eigenvalue weighted by atomic mass is 10.0. The lowest BCUT2D eigenvalue weighted by Crippen LogP contribution is -2.36. The standard InChI is InChI=1S/C20H25FN2O4/c1-11-17(20(25)27-6)12(2)22-18(11)19(24)13(3)23(4)10-14-7-8-16(26-5)15(21)9-14/h7-9,13,22H,10H2,1-6H3/t13-/m1/s1. The molecule has 0 saturated carbocycles. The number of rotatable bonds is 7. The predicted octanol–water partition coefficient (Wildman–Crippen LogP) is 3.27. The number of likely N-dealkylation sites (N-methyl/N-ethyl adjacent to an activating group) is 1. The second-order valence-electron chi connectivity index (χ2n) is 6.54. The van der Waals surface area contributed by atoms with Gasteiger partial charge in [0.2, 0.25) is 0 Å². The largest absolute Gasteiger partial charge is 0.494 e. The van der Waals surface area contributed by atoms with Crippen LogP contribution < -0.4 is 4.74 Å². The van der Waals surface area contributed by atoms with Crippen molar-refractivity contribution in [2.75, 3.05) is 21.3 Å². The van der Waals surface area contributed by atoms with E-state index < -0.39 is 17.8 Å². The van der Waals surface area contributed by atoms with Crippen LogP contribution in [0.5, 0.6) is 5.75 Å². The van der Waals surface area contributed by atoms with Crippen molar-refractivity contribution in [3.05, 3.63) is 52.1 Å². The van der Waals surface area contributed by atoms with Gasteiger partial charge in [-0.05, 0) is 51.1 Å². The molecule has 1 atom stereocenters. The number of aryl methyl sites for hydroxylation is 1. The SMILES string of the molecule is COC(=O)c1c(C)[nH]c(C(=O)[C@@H](C)N(C)Cc2ccc(OC)c(F)c2)c1C. The number of nitrogens with zero attached hydrogens (tertiary/aromatic N) is 1. The number of hydrogen-bond donors (Lipinski definition) is 1. The predicted molar refractivity (Wildman–Crippen MR) is 99.8 cm³/mol. The summed E-state index contributed by atoms with van der Waals surface area (Å²) in [7, 11) is 4.51. The number of ether oxygens (including phenoxy) is 2. The molecule has 7 heteroatoms. The Balaban J connectivity index is 2.19. The number of ketones is 1. The van der Waals surface area contributed by atoms with E-state index in [2.05, 4.69) is 4.98 Å². The fourth-order valence-corrected chi connectivity index (χ4v) is 3.05. The van der Waals surface area contributed by atoms with Gasteiger partial charge in [-0.2, -0.15) is 0 Å². The highest BCUT2D eigenvalue weighted by molar-refractivity contribution is 6.03. The maximum atomic E-state index is 13.9. The quantitative estimate of drug-likeness (QED) is 0.593. The zero-order chi connectivity index (χ0) is 20.3. The van der Waals surface area contributed by atoms with Crippen molar-refractivity contribution in [1.29, 1.82) is 0 Å². The molecular weight excluding hydrogens is 351 g/mol. The molecule has 1 aromatic carbocycles. The Bertz CT molecular complexity index is 860. The molecule has 27 heavy (non-hydrogen) atoms. The van der Waals surface area contributed by atoms with Gasteiger partial charge in [0.1, 0.15) is 0 Å². The smallest absolute Gasteiger partial charge is 0.339 e. The Morgan fingerprint density at radius 3 is 2.48 bits per heavy atom. The van der Waals surface area contributed by atoms with Crippen LogP contribution in [0.3, 0.4) is 0 Å². The molecule has 0 unspecified atom stereocenters. The maximum Gasteiger partial charge on any atom is 0.339 e. The minimum atomic E-state index is -0.477. The number of carbonyl (C=O) groups is 2. The van der Waals surface area contributed by atoms with E-state index in [1.165, 1.54) is 20.3 Å². The third kappa shape index (κ3) is 4.19. The van der Waals surface area contributed by atoms with E-state index in [-0.39, 0.29) is 11.5 Å². The third-order valence-electron chi connectivity index (χ3n) is 4.76. The topological polar surface area (TPSA) is 71.6 Å². The lowest BCUT2D eigenvalue weighted by Gasteiger charge is -2.23. The number of aromatic amines is 1. The van der Waals surface area contributed by atoms with Crippen LogP contribution in [-0.4, -0.2) is 48.9 Å². The number of H-pyrrole nitrogens is 1. The van der Waals surface area contributed by atoms with Crippen molar-refractivity contribution in [3.63, 3.8) is 0 Å². The third-order valence-corrected chi connectivity index (χ3v) is 4.76. The maximum absolute atomic E-state index is 13.9. The van der Waals surface area contributed by atoms with Gasteiger partial charge < -0.3 is 14.5 Å². The number of nitrogens with one attached hydrogen (secondary N) is 1.